The van der Waals surface area contributed by atoms with Crippen molar-refractivity contribution in [1.29, 1.82) is 0 Å². The molecule has 2 N–H and O–H groups in total. The van der Waals surface area contributed by atoms with Crippen LogP contribution in [0.25, 0.3) is 0 Å². The van der Waals surface area contributed by atoms with Crippen LogP contribution in [0, 0.1) is 18.7 Å². The first kappa shape index (κ1) is 10.6. The Morgan fingerprint density at radius 3 is 2.87 bits per heavy atom. The van der Waals surface area contributed by atoms with Gasteiger partial charge in [-0.1, -0.05) is 25.5 Å². The fraction of sp³-hybridized carbons (Fsp3) is 0.538. The SMILES string of the molecule is CCCC1CC1(N)c1ccc(F)c(C)c1. The standard InChI is InChI=1S/C13H18FN/c1-3-4-11-8-13(11,15)10-5-6-12(14)9(2)7-10/h5-7,11H,3-4,8,15H2,1-2H3. The van der Waals surface area contributed by atoms with Crippen LogP contribution in [-0.2, 0) is 5.54 Å². The largest absolute Gasteiger partial charge is 0.321 e. The Bertz CT molecular complexity index is 375. The molecule has 1 aromatic carbocycles. The lowest BCUT2D eigenvalue weighted by Gasteiger charge is -2.13. The molecular weight excluding hydrogens is 189 g/mol. The minimum Gasteiger partial charge on any atom is -0.321 e. The molecule has 0 spiro atoms. The first-order valence-corrected chi connectivity index (χ1v) is 5.63. The number of rotatable bonds is 3. The molecule has 0 heterocycles. The van der Waals surface area contributed by atoms with Crippen LogP contribution in [0.15, 0.2) is 18.2 Å². The summed E-state index contributed by atoms with van der Waals surface area (Å²) in [6, 6.07) is 5.25. The maximum atomic E-state index is 13.1. The summed E-state index contributed by atoms with van der Waals surface area (Å²) in [6.07, 6.45) is 3.39. The van der Waals surface area contributed by atoms with Gasteiger partial charge in [0, 0.05) is 5.54 Å². The van der Waals surface area contributed by atoms with Gasteiger partial charge in [0.2, 0.25) is 0 Å². The van der Waals surface area contributed by atoms with Crippen LogP contribution in [-0.4, -0.2) is 0 Å². The Balaban J connectivity index is 2.21. The van der Waals surface area contributed by atoms with Gasteiger partial charge in [0.15, 0.2) is 0 Å². The summed E-state index contributed by atoms with van der Waals surface area (Å²) in [5.74, 6) is 0.447. The van der Waals surface area contributed by atoms with Gasteiger partial charge < -0.3 is 5.73 Å². The van der Waals surface area contributed by atoms with Crippen LogP contribution in [0.1, 0.15) is 37.3 Å². The van der Waals surface area contributed by atoms with Crippen LogP contribution in [0.5, 0.6) is 0 Å². The van der Waals surface area contributed by atoms with Crippen molar-refractivity contribution in [3.8, 4) is 0 Å². The van der Waals surface area contributed by atoms with E-state index >= 15 is 0 Å². The van der Waals surface area contributed by atoms with E-state index < -0.39 is 0 Å². The predicted molar refractivity (Wildman–Crippen MR) is 60.0 cm³/mol. The number of hydrogen-bond donors (Lipinski definition) is 1. The Morgan fingerprint density at radius 2 is 2.27 bits per heavy atom. The lowest BCUT2D eigenvalue weighted by atomic mass is 9.99. The molecule has 2 atom stereocenters. The summed E-state index contributed by atoms with van der Waals surface area (Å²) >= 11 is 0. The fourth-order valence-electron chi connectivity index (χ4n) is 2.34. The fourth-order valence-corrected chi connectivity index (χ4v) is 2.34. The minimum absolute atomic E-state index is 0.143. The summed E-state index contributed by atoms with van der Waals surface area (Å²) < 4.78 is 13.1. The van der Waals surface area contributed by atoms with Crippen molar-refractivity contribution in [2.75, 3.05) is 0 Å². The van der Waals surface area contributed by atoms with Gasteiger partial charge in [0.25, 0.3) is 0 Å². The van der Waals surface area contributed by atoms with E-state index in [0.29, 0.717) is 11.5 Å². The summed E-state index contributed by atoms with van der Waals surface area (Å²) in [6.45, 7) is 3.97. The van der Waals surface area contributed by atoms with Crippen LogP contribution in [0.4, 0.5) is 4.39 Å². The molecule has 2 heteroatoms. The number of aryl methyl sites for hydroxylation is 1. The second kappa shape index (κ2) is 3.60. The molecule has 0 bridgehead atoms. The average molecular weight is 207 g/mol. The molecule has 0 radical (unpaired) electrons. The molecule has 15 heavy (non-hydrogen) atoms. The van der Waals surface area contributed by atoms with Crippen molar-refractivity contribution < 1.29 is 4.39 Å². The van der Waals surface area contributed by atoms with Crippen LogP contribution >= 0.6 is 0 Å². The summed E-state index contributed by atoms with van der Waals surface area (Å²) in [7, 11) is 0. The van der Waals surface area contributed by atoms with E-state index in [1.807, 2.05) is 12.1 Å². The van der Waals surface area contributed by atoms with Gasteiger partial charge >= 0.3 is 0 Å². The van der Waals surface area contributed by atoms with Crippen LogP contribution in [0.2, 0.25) is 0 Å². The Morgan fingerprint density at radius 1 is 1.53 bits per heavy atom. The molecule has 1 fully saturated rings. The summed E-state index contributed by atoms with van der Waals surface area (Å²) in [5, 5.41) is 0. The lowest BCUT2D eigenvalue weighted by Crippen LogP contribution is -2.22. The van der Waals surface area contributed by atoms with E-state index in [1.54, 1.807) is 6.92 Å². The van der Waals surface area contributed by atoms with Gasteiger partial charge in [-0.15, -0.1) is 0 Å². The van der Waals surface area contributed by atoms with E-state index in [0.717, 1.165) is 12.0 Å². The van der Waals surface area contributed by atoms with Gasteiger partial charge in [-0.3, -0.25) is 0 Å². The Hall–Kier alpha value is -0.890. The molecule has 1 aliphatic rings. The smallest absolute Gasteiger partial charge is 0.126 e. The van der Waals surface area contributed by atoms with Gasteiger partial charge in [0.05, 0.1) is 0 Å². The molecule has 2 rings (SSSR count). The maximum absolute atomic E-state index is 13.1. The van der Waals surface area contributed by atoms with E-state index in [-0.39, 0.29) is 11.4 Å². The first-order valence-electron chi connectivity index (χ1n) is 5.63. The molecule has 0 aliphatic heterocycles. The van der Waals surface area contributed by atoms with Crippen molar-refractivity contribution in [2.45, 2.75) is 38.6 Å². The topological polar surface area (TPSA) is 26.0 Å². The molecule has 0 saturated heterocycles. The third kappa shape index (κ3) is 1.78. The maximum Gasteiger partial charge on any atom is 0.126 e. The molecule has 1 aromatic rings. The third-order valence-electron chi connectivity index (χ3n) is 3.49. The first-order chi connectivity index (χ1) is 7.08. The zero-order valence-corrected chi connectivity index (χ0v) is 9.39. The molecule has 2 unspecified atom stereocenters. The van der Waals surface area contributed by atoms with E-state index in [1.165, 1.54) is 18.9 Å². The zero-order valence-electron chi connectivity index (χ0n) is 9.39. The summed E-state index contributed by atoms with van der Waals surface area (Å²) in [5.41, 5.74) is 7.91. The van der Waals surface area contributed by atoms with Gasteiger partial charge in [-0.25, -0.2) is 4.39 Å². The second-order valence-electron chi connectivity index (χ2n) is 4.69. The van der Waals surface area contributed by atoms with Crippen molar-refractivity contribution >= 4 is 0 Å². The molecule has 1 aliphatic carbocycles. The molecule has 1 nitrogen and oxygen atoms in total. The molecule has 82 valence electrons. The highest BCUT2D eigenvalue weighted by molar-refractivity contribution is 5.35. The molecule has 0 amide bonds. The van der Waals surface area contributed by atoms with Gasteiger partial charge in [0.1, 0.15) is 5.82 Å². The van der Waals surface area contributed by atoms with Crippen LogP contribution < -0.4 is 5.73 Å². The average Bonchev–Trinajstić information content (AvgIpc) is 2.84. The van der Waals surface area contributed by atoms with Crippen molar-refractivity contribution in [3.63, 3.8) is 0 Å². The lowest BCUT2D eigenvalue weighted by molar-refractivity contribution is 0.577. The second-order valence-corrected chi connectivity index (χ2v) is 4.69. The van der Waals surface area contributed by atoms with Crippen molar-refractivity contribution in [2.24, 2.45) is 11.7 Å². The van der Waals surface area contributed by atoms with E-state index in [2.05, 4.69) is 6.92 Å². The minimum atomic E-state index is -0.172. The van der Waals surface area contributed by atoms with Crippen molar-refractivity contribution in [1.82, 2.24) is 0 Å². The normalized spacial score (nSPS) is 29.2. The highest BCUT2D eigenvalue weighted by atomic mass is 19.1. The zero-order chi connectivity index (χ0) is 11.1. The number of hydrogen-bond acceptors (Lipinski definition) is 1. The quantitative estimate of drug-likeness (QED) is 0.809. The predicted octanol–water partition coefficient (Wildman–Crippen LogP) is 3.11. The molecular formula is C13H18FN. The van der Waals surface area contributed by atoms with E-state index in [9.17, 15) is 4.39 Å². The summed E-state index contributed by atoms with van der Waals surface area (Å²) in [4.78, 5) is 0. The monoisotopic (exact) mass is 207 g/mol. The Kier molecular flexibility index (Phi) is 2.55. The number of nitrogens with two attached hydrogens (primary N) is 1. The van der Waals surface area contributed by atoms with E-state index in [4.69, 9.17) is 5.73 Å². The number of benzene rings is 1. The van der Waals surface area contributed by atoms with Gasteiger partial charge in [-0.2, -0.15) is 0 Å². The van der Waals surface area contributed by atoms with Crippen molar-refractivity contribution in [3.05, 3.63) is 35.1 Å². The molecule has 1 saturated carbocycles. The van der Waals surface area contributed by atoms with Gasteiger partial charge in [-0.05, 0) is 42.9 Å². The highest BCUT2D eigenvalue weighted by Crippen LogP contribution is 2.52. The third-order valence-corrected chi connectivity index (χ3v) is 3.49. The Labute approximate surface area is 90.5 Å². The number of halogens is 1. The highest BCUT2D eigenvalue weighted by Gasteiger charge is 2.51. The molecule has 0 aromatic heterocycles. The van der Waals surface area contributed by atoms with Crippen LogP contribution in [0.3, 0.4) is 0 Å².